The van der Waals surface area contributed by atoms with Crippen LogP contribution in [0.1, 0.15) is 11.1 Å². The fourth-order valence-corrected chi connectivity index (χ4v) is 2.49. The molecule has 1 aliphatic rings. The van der Waals surface area contributed by atoms with Gasteiger partial charge in [-0.15, -0.1) is 0 Å². The van der Waals surface area contributed by atoms with Crippen molar-refractivity contribution in [2.75, 3.05) is 7.05 Å². The number of nitrogens with zero attached hydrogens (tertiary/aromatic N) is 1. The maximum atomic E-state index is 13.2. The average molecular weight is 342 g/mol. The number of rotatable bonds is 4. The van der Waals surface area contributed by atoms with Gasteiger partial charge in [0.2, 0.25) is 0 Å². The molecule has 1 N–H and O–H groups in total. The Morgan fingerprint density at radius 3 is 2.75 bits per heavy atom. The number of carbonyl (C=O) groups excluding carboxylic acids is 1. The predicted octanol–water partition coefficient (Wildman–Crippen LogP) is 3.09. The number of ether oxygens (including phenoxy) is 1. The predicted molar refractivity (Wildman–Crippen MR) is 93.7 cm³/mol. The molecule has 1 fully saturated rings. The second-order valence-electron chi connectivity index (χ2n) is 5.31. The van der Waals surface area contributed by atoms with Crippen molar-refractivity contribution in [2.45, 2.75) is 6.61 Å². The van der Waals surface area contributed by atoms with E-state index >= 15 is 0 Å². The molecule has 0 atom stereocenters. The number of thiocarbonyl (C=S) groups is 1. The van der Waals surface area contributed by atoms with Crippen molar-refractivity contribution in [3.8, 4) is 5.75 Å². The van der Waals surface area contributed by atoms with Gasteiger partial charge >= 0.3 is 0 Å². The molecule has 1 aliphatic heterocycles. The smallest absolute Gasteiger partial charge is 0.276 e. The van der Waals surface area contributed by atoms with Crippen molar-refractivity contribution in [1.29, 1.82) is 0 Å². The highest BCUT2D eigenvalue weighted by atomic mass is 32.1. The summed E-state index contributed by atoms with van der Waals surface area (Å²) in [5.74, 6) is 0.105. The highest BCUT2D eigenvalue weighted by Gasteiger charge is 2.27. The first-order chi connectivity index (χ1) is 11.5. The van der Waals surface area contributed by atoms with Crippen LogP contribution < -0.4 is 10.1 Å². The number of hydrogen-bond donors (Lipinski definition) is 1. The zero-order chi connectivity index (χ0) is 17.1. The lowest BCUT2D eigenvalue weighted by Crippen LogP contribution is -2.25. The third kappa shape index (κ3) is 3.44. The Kier molecular flexibility index (Phi) is 4.57. The lowest BCUT2D eigenvalue weighted by Gasteiger charge is -2.10. The first-order valence-electron chi connectivity index (χ1n) is 7.31. The largest absolute Gasteiger partial charge is 0.488 e. The van der Waals surface area contributed by atoms with Gasteiger partial charge in [0.05, 0.1) is 0 Å². The van der Waals surface area contributed by atoms with Crippen molar-refractivity contribution in [2.24, 2.45) is 0 Å². The Hall–Kier alpha value is -2.73. The molecule has 0 saturated carbocycles. The summed E-state index contributed by atoms with van der Waals surface area (Å²) in [7, 11) is 1.62. The Balaban J connectivity index is 1.81. The minimum atomic E-state index is -0.302. The third-order valence-electron chi connectivity index (χ3n) is 3.58. The van der Waals surface area contributed by atoms with Gasteiger partial charge in [-0.25, -0.2) is 4.39 Å². The van der Waals surface area contributed by atoms with E-state index in [1.807, 2.05) is 18.2 Å². The first-order valence-corrected chi connectivity index (χ1v) is 7.72. The topological polar surface area (TPSA) is 41.6 Å². The van der Waals surface area contributed by atoms with E-state index in [1.54, 1.807) is 31.3 Å². The molecule has 1 heterocycles. The molecular formula is C18H15FN2O2S. The van der Waals surface area contributed by atoms with Crippen LogP contribution >= 0.6 is 12.2 Å². The van der Waals surface area contributed by atoms with Crippen LogP contribution in [0, 0.1) is 5.82 Å². The molecule has 0 bridgehead atoms. The SMILES string of the molecule is CN1C(=O)C(=Cc2ccccc2OCc2cccc(F)c2)NC1=S. The van der Waals surface area contributed by atoms with Crippen molar-refractivity contribution >= 4 is 29.3 Å². The fraction of sp³-hybridized carbons (Fsp3) is 0.111. The average Bonchev–Trinajstić information content (AvgIpc) is 2.81. The molecule has 1 amide bonds. The van der Waals surface area contributed by atoms with E-state index < -0.39 is 0 Å². The van der Waals surface area contributed by atoms with Gasteiger partial charge in [0.25, 0.3) is 5.91 Å². The monoisotopic (exact) mass is 342 g/mol. The Labute approximate surface area is 144 Å². The Morgan fingerprint density at radius 2 is 2.04 bits per heavy atom. The third-order valence-corrected chi connectivity index (χ3v) is 3.96. The Morgan fingerprint density at radius 1 is 1.25 bits per heavy atom. The summed E-state index contributed by atoms with van der Waals surface area (Å²) in [5, 5.41) is 3.24. The molecule has 2 aromatic rings. The maximum absolute atomic E-state index is 13.2. The number of para-hydroxylation sites is 1. The molecule has 122 valence electrons. The van der Waals surface area contributed by atoms with Crippen LogP contribution in [0.3, 0.4) is 0 Å². The standard InChI is InChI=1S/C18H15FN2O2S/c1-21-17(22)15(20-18(21)24)10-13-6-2-3-8-16(13)23-11-12-5-4-7-14(19)9-12/h2-10H,11H2,1H3,(H,20,24). The van der Waals surface area contributed by atoms with Crippen molar-refractivity contribution < 1.29 is 13.9 Å². The van der Waals surface area contributed by atoms with Crippen molar-refractivity contribution in [3.05, 3.63) is 71.2 Å². The lowest BCUT2D eigenvalue weighted by molar-refractivity contribution is -0.121. The molecule has 6 heteroatoms. The van der Waals surface area contributed by atoms with Gasteiger partial charge in [0.1, 0.15) is 23.9 Å². The molecule has 4 nitrogen and oxygen atoms in total. The second-order valence-corrected chi connectivity index (χ2v) is 5.70. The van der Waals surface area contributed by atoms with Crippen molar-refractivity contribution in [3.63, 3.8) is 0 Å². The number of amides is 1. The summed E-state index contributed by atoms with van der Waals surface area (Å²) < 4.78 is 19.0. The van der Waals surface area contributed by atoms with E-state index in [0.717, 1.165) is 11.1 Å². The van der Waals surface area contributed by atoms with Gasteiger partial charge in [0.15, 0.2) is 5.11 Å². The minimum Gasteiger partial charge on any atom is -0.488 e. The van der Waals surface area contributed by atoms with Crippen molar-refractivity contribution in [1.82, 2.24) is 10.2 Å². The van der Waals surface area contributed by atoms with E-state index in [1.165, 1.54) is 17.0 Å². The molecule has 0 aromatic heterocycles. The number of benzene rings is 2. The molecule has 3 rings (SSSR count). The van der Waals surface area contributed by atoms with E-state index in [9.17, 15) is 9.18 Å². The number of likely N-dealkylation sites (N-methyl/N-ethyl adjacent to an activating group) is 1. The van der Waals surface area contributed by atoms with Gasteiger partial charge in [0, 0.05) is 12.6 Å². The Bertz CT molecular complexity index is 835. The summed E-state index contributed by atoms with van der Waals surface area (Å²) in [6.07, 6.45) is 1.69. The molecule has 2 aromatic carbocycles. The number of nitrogens with one attached hydrogen (secondary N) is 1. The van der Waals surface area contributed by atoms with E-state index in [4.69, 9.17) is 17.0 Å². The summed E-state index contributed by atoms with van der Waals surface area (Å²) in [6.45, 7) is 0.234. The number of carbonyl (C=O) groups is 1. The van der Waals surface area contributed by atoms with Gasteiger partial charge < -0.3 is 10.1 Å². The summed E-state index contributed by atoms with van der Waals surface area (Å²) in [6, 6.07) is 13.6. The molecular weight excluding hydrogens is 327 g/mol. The van der Waals surface area contributed by atoms with Gasteiger partial charge in [-0.1, -0.05) is 30.3 Å². The molecule has 0 spiro atoms. The second kappa shape index (κ2) is 6.80. The highest BCUT2D eigenvalue weighted by Crippen LogP contribution is 2.23. The quantitative estimate of drug-likeness (QED) is 0.685. The zero-order valence-corrected chi connectivity index (χ0v) is 13.8. The zero-order valence-electron chi connectivity index (χ0n) is 13.0. The van der Waals surface area contributed by atoms with Crippen LogP contribution in [0.25, 0.3) is 6.08 Å². The van der Waals surface area contributed by atoms with Crippen LogP contribution in [0.5, 0.6) is 5.75 Å². The molecule has 0 unspecified atom stereocenters. The van der Waals surface area contributed by atoms with E-state index in [0.29, 0.717) is 16.6 Å². The fourth-order valence-electron chi connectivity index (χ4n) is 2.30. The molecule has 1 saturated heterocycles. The van der Waals surface area contributed by atoms with Gasteiger partial charge in [-0.3, -0.25) is 9.69 Å². The number of hydrogen-bond acceptors (Lipinski definition) is 3. The van der Waals surface area contributed by atoms with Crippen LogP contribution in [0.2, 0.25) is 0 Å². The van der Waals surface area contributed by atoms with Gasteiger partial charge in [-0.2, -0.15) is 0 Å². The molecule has 0 radical (unpaired) electrons. The summed E-state index contributed by atoms with van der Waals surface area (Å²) in [4.78, 5) is 13.4. The van der Waals surface area contributed by atoms with Crippen LogP contribution in [0.4, 0.5) is 4.39 Å². The maximum Gasteiger partial charge on any atom is 0.276 e. The van der Waals surface area contributed by atoms with E-state index in [-0.39, 0.29) is 18.3 Å². The van der Waals surface area contributed by atoms with Gasteiger partial charge in [-0.05, 0) is 42.1 Å². The minimum absolute atomic E-state index is 0.195. The summed E-state index contributed by atoms with van der Waals surface area (Å²) >= 11 is 5.06. The first kappa shape index (κ1) is 16.1. The summed E-state index contributed by atoms with van der Waals surface area (Å²) in [5.41, 5.74) is 1.86. The van der Waals surface area contributed by atoms with Crippen LogP contribution in [-0.2, 0) is 11.4 Å². The lowest BCUT2D eigenvalue weighted by atomic mass is 10.1. The molecule has 0 aliphatic carbocycles. The van der Waals surface area contributed by atoms with Crippen LogP contribution in [0.15, 0.2) is 54.2 Å². The van der Waals surface area contributed by atoms with Crippen LogP contribution in [-0.4, -0.2) is 23.0 Å². The number of halogens is 1. The van der Waals surface area contributed by atoms with E-state index in [2.05, 4.69) is 5.32 Å². The normalized spacial score (nSPS) is 15.8. The highest BCUT2D eigenvalue weighted by molar-refractivity contribution is 7.80. The molecule has 24 heavy (non-hydrogen) atoms.